The summed E-state index contributed by atoms with van der Waals surface area (Å²) in [6, 6.07) is 0. The maximum Gasteiger partial charge on any atom is 0 e. The summed E-state index contributed by atoms with van der Waals surface area (Å²) < 4.78 is 0. The van der Waals surface area contributed by atoms with Crippen LogP contribution in [0.2, 0.25) is 0 Å². The molecule has 0 unspecified atom stereocenters. The molecule has 0 aromatic heterocycles. The normalized spacial score (nSPS) is 7.33. The van der Waals surface area contributed by atoms with Crippen LogP contribution in [-0.2, 0) is 19.5 Å². The van der Waals surface area contributed by atoms with Crippen LogP contribution in [0.3, 0.4) is 0 Å². The summed E-state index contributed by atoms with van der Waals surface area (Å²) in [6.45, 7) is 6.85. The second kappa shape index (κ2) is 8.88. The van der Waals surface area contributed by atoms with Crippen molar-refractivity contribution in [1.82, 2.24) is 0 Å². The summed E-state index contributed by atoms with van der Waals surface area (Å²) in [5.74, 6) is 0. The smallest absolute Gasteiger partial charge is 0 e. The van der Waals surface area contributed by atoms with Crippen molar-refractivity contribution in [3.05, 3.63) is 31.7 Å². The first-order chi connectivity index (χ1) is 2.41. The average Bonchev–Trinajstić information content (AvgIpc) is 1.41. The van der Waals surface area contributed by atoms with Crippen LogP contribution < -0.4 is 0 Å². The van der Waals surface area contributed by atoms with Crippen molar-refractivity contribution in [2.75, 3.05) is 0 Å². The molecule has 0 aromatic carbocycles. The standard InChI is InChI=1S/C5H7.Zn/c1-3-5-4-2;/h3-5H,1-2H2;/q-1;. The van der Waals surface area contributed by atoms with E-state index in [0.29, 0.717) is 0 Å². The van der Waals surface area contributed by atoms with Crippen molar-refractivity contribution in [3.63, 3.8) is 0 Å². The predicted octanol–water partition coefficient (Wildman–Crippen LogP) is 1.56. The molecule has 0 amide bonds. The van der Waals surface area contributed by atoms with Gasteiger partial charge in [-0.1, -0.05) is 0 Å². The van der Waals surface area contributed by atoms with Gasteiger partial charge in [-0.3, -0.25) is 0 Å². The van der Waals surface area contributed by atoms with Gasteiger partial charge in [0.2, 0.25) is 0 Å². The Morgan fingerprint density at radius 1 is 1.50 bits per heavy atom. The molecule has 1 heteroatoms. The molecule has 0 saturated carbocycles. The molecular weight excluding hydrogens is 125 g/mol. The molecule has 0 aliphatic rings. The van der Waals surface area contributed by atoms with Crippen LogP contribution in [0.25, 0.3) is 0 Å². The Bertz CT molecular complexity index is 45.9. The number of hydrogen-bond donors (Lipinski definition) is 0. The fourth-order valence-electron chi connectivity index (χ4n) is 0.0962. The third-order valence-electron chi connectivity index (χ3n) is 0.272. The molecule has 0 radical (unpaired) electrons. The van der Waals surface area contributed by atoms with E-state index < -0.39 is 0 Å². The Labute approximate surface area is 51.7 Å². The summed E-state index contributed by atoms with van der Waals surface area (Å²) in [7, 11) is 0. The first kappa shape index (κ1) is 9.36. The maximum atomic E-state index is 3.42. The fourth-order valence-corrected chi connectivity index (χ4v) is 0.0962. The molecule has 0 rings (SSSR count). The van der Waals surface area contributed by atoms with E-state index in [-0.39, 0.29) is 19.5 Å². The SMILES string of the molecule is C=CC=C[CH2-].[Zn]. The van der Waals surface area contributed by atoms with Crippen LogP contribution in [-0.4, -0.2) is 0 Å². The Kier molecular flexibility index (Phi) is 13.9. The van der Waals surface area contributed by atoms with E-state index in [9.17, 15) is 0 Å². The van der Waals surface area contributed by atoms with E-state index in [0.717, 1.165) is 0 Å². The van der Waals surface area contributed by atoms with Gasteiger partial charge in [0.25, 0.3) is 0 Å². The molecule has 0 nitrogen and oxygen atoms in total. The van der Waals surface area contributed by atoms with Crippen molar-refractivity contribution < 1.29 is 19.5 Å². The van der Waals surface area contributed by atoms with Gasteiger partial charge in [0.1, 0.15) is 0 Å². The van der Waals surface area contributed by atoms with E-state index >= 15 is 0 Å². The molecule has 6 heavy (non-hydrogen) atoms. The zero-order valence-corrected chi connectivity index (χ0v) is 6.82. The fraction of sp³-hybridized carbons (Fsp3) is 0. The van der Waals surface area contributed by atoms with E-state index in [2.05, 4.69) is 13.5 Å². The van der Waals surface area contributed by atoms with E-state index in [1.54, 1.807) is 18.2 Å². The summed E-state index contributed by atoms with van der Waals surface area (Å²) in [4.78, 5) is 0. The zero-order valence-electron chi connectivity index (χ0n) is 3.85. The Morgan fingerprint density at radius 2 is 2.00 bits per heavy atom. The summed E-state index contributed by atoms with van der Waals surface area (Å²) in [6.07, 6.45) is 5.15. The van der Waals surface area contributed by atoms with Crippen LogP contribution in [0.5, 0.6) is 0 Å². The number of allylic oxidation sites excluding steroid dienone is 3. The Balaban J connectivity index is 0. The molecule has 0 aliphatic carbocycles. The van der Waals surface area contributed by atoms with Gasteiger partial charge in [-0.15, -0.1) is 6.58 Å². The zero-order chi connectivity index (χ0) is 4.12. The van der Waals surface area contributed by atoms with Crippen molar-refractivity contribution in [2.24, 2.45) is 0 Å². The maximum absolute atomic E-state index is 3.42. The van der Waals surface area contributed by atoms with E-state index in [1.165, 1.54) is 0 Å². The van der Waals surface area contributed by atoms with Gasteiger partial charge in [0.15, 0.2) is 0 Å². The average molecular weight is 133 g/mol. The molecule has 30 valence electrons. The molecule has 0 saturated heterocycles. The van der Waals surface area contributed by atoms with Crippen LogP contribution in [0.4, 0.5) is 0 Å². The predicted molar refractivity (Wildman–Crippen MR) is 24.7 cm³/mol. The minimum Gasteiger partial charge on any atom is -0.245 e. The first-order valence-electron chi connectivity index (χ1n) is 1.48. The van der Waals surface area contributed by atoms with Gasteiger partial charge in [-0.2, -0.15) is 6.08 Å². The molecule has 0 heterocycles. The third kappa shape index (κ3) is 9.02. The molecule has 0 fully saturated rings. The van der Waals surface area contributed by atoms with Gasteiger partial charge in [-0.05, 0) is 0 Å². The quantitative estimate of drug-likeness (QED) is 0.289. The molecule has 0 N–H and O–H groups in total. The van der Waals surface area contributed by atoms with Crippen molar-refractivity contribution in [3.8, 4) is 0 Å². The van der Waals surface area contributed by atoms with Crippen molar-refractivity contribution >= 4 is 0 Å². The first-order valence-corrected chi connectivity index (χ1v) is 1.48. The van der Waals surface area contributed by atoms with Crippen LogP contribution >= 0.6 is 0 Å². The molecule has 0 aliphatic heterocycles. The van der Waals surface area contributed by atoms with Crippen LogP contribution in [0.1, 0.15) is 0 Å². The van der Waals surface area contributed by atoms with E-state index in [1.807, 2.05) is 0 Å². The van der Waals surface area contributed by atoms with Crippen molar-refractivity contribution in [2.45, 2.75) is 0 Å². The van der Waals surface area contributed by atoms with Crippen molar-refractivity contribution in [1.29, 1.82) is 0 Å². The molecule has 0 aromatic rings. The van der Waals surface area contributed by atoms with E-state index in [4.69, 9.17) is 0 Å². The Morgan fingerprint density at radius 3 is 2.00 bits per heavy atom. The van der Waals surface area contributed by atoms with Gasteiger partial charge < -0.3 is 0 Å². The van der Waals surface area contributed by atoms with Crippen LogP contribution in [0, 0.1) is 6.92 Å². The van der Waals surface area contributed by atoms with Gasteiger partial charge in [0, 0.05) is 19.5 Å². The van der Waals surface area contributed by atoms with Crippen LogP contribution in [0.15, 0.2) is 24.8 Å². The second-order valence-electron chi connectivity index (χ2n) is 0.664. The minimum absolute atomic E-state index is 0. The molecule has 0 spiro atoms. The van der Waals surface area contributed by atoms with Gasteiger partial charge in [-0.25, -0.2) is 19.1 Å². The third-order valence-corrected chi connectivity index (χ3v) is 0.272. The topological polar surface area (TPSA) is 0 Å². The minimum atomic E-state index is 0. The summed E-state index contributed by atoms with van der Waals surface area (Å²) in [5, 5.41) is 0. The summed E-state index contributed by atoms with van der Waals surface area (Å²) in [5.41, 5.74) is 0. The second-order valence-corrected chi connectivity index (χ2v) is 0.664. The Hall–Kier alpha value is -0.0266. The monoisotopic (exact) mass is 131 g/mol. The number of hydrogen-bond acceptors (Lipinski definition) is 0. The summed E-state index contributed by atoms with van der Waals surface area (Å²) >= 11 is 0. The number of rotatable bonds is 1. The molecule has 0 bridgehead atoms. The van der Waals surface area contributed by atoms with Gasteiger partial charge in [0.05, 0.1) is 0 Å². The molecular formula is C5H7Zn-. The molecule has 0 atom stereocenters. The van der Waals surface area contributed by atoms with Gasteiger partial charge >= 0.3 is 0 Å². The largest absolute Gasteiger partial charge is 0.245 e.